The third-order valence-electron chi connectivity index (χ3n) is 1.67. The maximum absolute atomic E-state index is 10.3. The van der Waals surface area contributed by atoms with E-state index in [1.807, 2.05) is 0 Å². The third kappa shape index (κ3) is 6.85. The zero-order valence-corrected chi connectivity index (χ0v) is 9.03. The Bertz CT molecular complexity index is 278. The lowest BCUT2D eigenvalue weighted by atomic mass is 10.1. The maximum atomic E-state index is 10.3. The normalized spacial score (nSPS) is 17.8. The second kappa shape index (κ2) is 6.26. The molecule has 0 amide bonds. The van der Waals surface area contributed by atoms with Gasteiger partial charge < -0.3 is 30.8 Å². The number of phosphoric acid groups is 1. The van der Waals surface area contributed by atoms with Crippen LogP contribution in [0.2, 0.25) is 0 Å². The van der Waals surface area contributed by atoms with E-state index in [0.29, 0.717) is 0 Å². The van der Waals surface area contributed by atoms with Gasteiger partial charge in [0.05, 0.1) is 12.7 Å². The molecule has 0 aromatic heterocycles. The number of aliphatic hydroxyl groups is 2. The third-order valence-corrected chi connectivity index (χ3v) is 2.16. The van der Waals surface area contributed by atoms with E-state index in [-0.39, 0.29) is 0 Å². The van der Waals surface area contributed by atoms with E-state index in [2.05, 4.69) is 4.52 Å². The number of hydrogen-bond donors (Lipinski definition) is 6. The van der Waals surface area contributed by atoms with Crippen LogP contribution in [-0.2, 0) is 13.9 Å². The van der Waals surface area contributed by atoms with Crippen LogP contribution < -0.4 is 5.73 Å². The quantitative estimate of drug-likeness (QED) is 0.273. The Morgan fingerprint density at radius 3 is 2.19 bits per heavy atom. The summed E-state index contributed by atoms with van der Waals surface area (Å²) >= 11 is 0. The van der Waals surface area contributed by atoms with Gasteiger partial charge in [0, 0.05) is 6.42 Å². The first-order chi connectivity index (χ1) is 7.13. The first-order valence-corrected chi connectivity index (χ1v) is 5.71. The number of nitrogens with two attached hydrogens (primary N) is 1. The summed E-state index contributed by atoms with van der Waals surface area (Å²) in [6.07, 6.45) is -3.63. The van der Waals surface area contributed by atoms with Gasteiger partial charge in [0.2, 0.25) is 0 Å². The average molecular weight is 259 g/mol. The molecule has 0 aliphatic heterocycles. The van der Waals surface area contributed by atoms with Gasteiger partial charge >= 0.3 is 13.8 Å². The van der Waals surface area contributed by atoms with Gasteiger partial charge in [-0.05, 0) is 0 Å². The zero-order valence-electron chi connectivity index (χ0n) is 8.13. The highest BCUT2D eigenvalue weighted by molar-refractivity contribution is 7.46. The molecule has 0 aromatic rings. The molecule has 0 spiro atoms. The highest BCUT2D eigenvalue weighted by Gasteiger charge is 2.25. The molecule has 0 rings (SSSR count). The van der Waals surface area contributed by atoms with Gasteiger partial charge in [0.15, 0.2) is 0 Å². The lowest BCUT2D eigenvalue weighted by Gasteiger charge is -2.19. The van der Waals surface area contributed by atoms with Crippen molar-refractivity contribution in [1.82, 2.24) is 0 Å². The number of carboxylic acids is 1. The fourth-order valence-electron chi connectivity index (χ4n) is 0.803. The van der Waals surface area contributed by atoms with Crippen LogP contribution in [0.4, 0.5) is 0 Å². The second-order valence-corrected chi connectivity index (χ2v) is 4.34. The van der Waals surface area contributed by atoms with Crippen LogP contribution in [-0.4, -0.2) is 55.9 Å². The molecular formula is C6H14NO8P. The molecule has 0 fully saturated rings. The minimum absolute atomic E-state index is 0.457. The van der Waals surface area contributed by atoms with Crippen LogP contribution in [0, 0.1) is 0 Å². The van der Waals surface area contributed by atoms with Gasteiger partial charge in [-0.1, -0.05) is 0 Å². The van der Waals surface area contributed by atoms with Gasteiger partial charge in [-0.15, -0.1) is 0 Å². The molecule has 0 aliphatic carbocycles. The molecule has 9 nitrogen and oxygen atoms in total. The lowest BCUT2D eigenvalue weighted by molar-refractivity contribution is -0.140. The van der Waals surface area contributed by atoms with Gasteiger partial charge in [-0.3, -0.25) is 9.32 Å². The van der Waals surface area contributed by atoms with E-state index in [9.17, 15) is 14.5 Å². The predicted molar refractivity (Wildman–Crippen MR) is 50.2 cm³/mol. The van der Waals surface area contributed by atoms with Gasteiger partial charge in [-0.2, -0.15) is 0 Å². The minimum atomic E-state index is -4.73. The Labute approximate surface area is 90.7 Å². The van der Waals surface area contributed by atoms with Crippen LogP contribution in [0.5, 0.6) is 0 Å². The molecular weight excluding hydrogens is 245 g/mol. The minimum Gasteiger partial charge on any atom is -0.480 e. The number of aliphatic carboxylic acids is 1. The first-order valence-electron chi connectivity index (χ1n) is 4.18. The van der Waals surface area contributed by atoms with Gasteiger partial charge in [0.1, 0.15) is 12.1 Å². The molecule has 0 radical (unpaired) electrons. The molecule has 1 unspecified atom stereocenters. The number of carboxylic acid groups (broad SMARTS) is 1. The van der Waals surface area contributed by atoms with E-state index >= 15 is 0 Å². The lowest BCUT2D eigenvalue weighted by Crippen LogP contribution is -2.39. The van der Waals surface area contributed by atoms with Crippen molar-refractivity contribution in [2.24, 2.45) is 5.73 Å². The molecule has 0 saturated heterocycles. The standard InChI is InChI=1S/C6H14NO8P/c7-3(6(10)11)1-4(8)5(9)2-15-16(12,13)14/h3-5,8-9H,1-2,7H2,(H,10,11)(H2,12,13,14)/t3?,4-,5+/m0/s1. The molecule has 0 bridgehead atoms. The Hall–Kier alpha value is -0.540. The summed E-state index contributed by atoms with van der Waals surface area (Å²) in [4.78, 5) is 26.9. The van der Waals surface area contributed by atoms with E-state index < -0.39 is 45.1 Å². The van der Waals surface area contributed by atoms with Crippen LogP contribution in [0.15, 0.2) is 0 Å². The number of carbonyl (C=O) groups is 1. The van der Waals surface area contributed by atoms with E-state index in [1.165, 1.54) is 0 Å². The smallest absolute Gasteiger partial charge is 0.469 e. The topological polar surface area (TPSA) is 171 Å². The van der Waals surface area contributed by atoms with E-state index in [1.54, 1.807) is 0 Å². The largest absolute Gasteiger partial charge is 0.480 e. The van der Waals surface area contributed by atoms with Crippen molar-refractivity contribution in [3.05, 3.63) is 0 Å². The molecule has 96 valence electrons. The summed E-state index contributed by atoms with van der Waals surface area (Å²) in [6.45, 7) is -0.822. The van der Waals surface area contributed by atoms with Crippen molar-refractivity contribution >= 4 is 13.8 Å². The molecule has 7 N–H and O–H groups in total. The SMILES string of the molecule is NC(C[C@H](O)[C@H](O)COP(=O)(O)O)C(=O)O. The summed E-state index contributed by atoms with van der Waals surface area (Å²) in [7, 11) is -4.73. The summed E-state index contributed by atoms with van der Waals surface area (Å²) in [5.41, 5.74) is 5.07. The Kier molecular flexibility index (Phi) is 6.05. The van der Waals surface area contributed by atoms with E-state index in [0.717, 1.165) is 0 Å². The highest BCUT2D eigenvalue weighted by Crippen LogP contribution is 2.35. The van der Waals surface area contributed by atoms with Crippen LogP contribution in [0.25, 0.3) is 0 Å². The number of phosphoric ester groups is 1. The Morgan fingerprint density at radius 2 is 1.81 bits per heavy atom. The van der Waals surface area contributed by atoms with Crippen molar-refractivity contribution < 1.29 is 39.0 Å². The highest BCUT2D eigenvalue weighted by atomic mass is 31.2. The van der Waals surface area contributed by atoms with E-state index in [4.69, 9.17) is 25.7 Å². The fourth-order valence-corrected chi connectivity index (χ4v) is 1.15. The summed E-state index contributed by atoms with van der Waals surface area (Å²) in [6, 6.07) is -1.38. The van der Waals surface area contributed by atoms with Crippen molar-refractivity contribution in [3.63, 3.8) is 0 Å². The van der Waals surface area contributed by atoms with Gasteiger partial charge in [0.25, 0.3) is 0 Å². The predicted octanol–water partition coefficient (Wildman–Crippen LogP) is -2.38. The second-order valence-electron chi connectivity index (χ2n) is 3.10. The summed E-state index contributed by atoms with van der Waals surface area (Å²) in [5, 5.41) is 26.8. The molecule has 3 atom stereocenters. The molecule has 0 aromatic carbocycles. The molecule has 0 aliphatic rings. The molecule has 0 saturated carbocycles. The Balaban J connectivity index is 4.04. The van der Waals surface area contributed by atoms with Crippen molar-refractivity contribution in [3.8, 4) is 0 Å². The number of hydrogen-bond acceptors (Lipinski definition) is 6. The summed E-state index contributed by atoms with van der Waals surface area (Å²) in [5.74, 6) is -1.36. The Morgan fingerprint density at radius 1 is 1.31 bits per heavy atom. The monoisotopic (exact) mass is 259 g/mol. The molecule has 0 heterocycles. The summed E-state index contributed by atoms with van der Waals surface area (Å²) < 4.78 is 14.2. The maximum Gasteiger partial charge on any atom is 0.469 e. The molecule has 10 heteroatoms. The number of rotatable bonds is 7. The van der Waals surface area contributed by atoms with Crippen molar-refractivity contribution in [2.75, 3.05) is 6.61 Å². The fraction of sp³-hybridized carbons (Fsp3) is 0.833. The van der Waals surface area contributed by atoms with Gasteiger partial charge in [-0.25, -0.2) is 4.57 Å². The van der Waals surface area contributed by atoms with Crippen LogP contribution >= 0.6 is 7.82 Å². The van der Waals surface area contributed by atoms with Crippen LogP contribution in [0.1, 0.15) is 6.42 Å². The van der Waals surface area contributed by atoms with Crippen molar-refractivity contribution in [1.29, 1.82) is 0 Å². The average Bonchev–Trinajstić information content (AvgIpc) is 2.12. The molecule has 16 heavy (non-hydrogen) atoms. The first kappa shape index (κ1) is 15.5. The zero-order chi connectivity index (χ0) is 12.9. The van der Waals surface area contributed by atoms with Crippen LogP contribution in [0.3, 0.4) is 0 Å². The van der Waals surface area contributed by atoms with Crippen molar-refractivity contribution in [2.45, 2.75) is 24.7 Å². The number of aliphatic hydroxyl groups excluding tert-OH is 2.